The van der Waals surface area contributed by atoms with E-state index in [0.717, 1.165) is 29.3 Å². The molecule has 1 heterocycles. The number of aliphatic hydroxyl groups is 1. The molecule has 9 nitrogen and oxygen atoms in total. The normalized spacial score (nSPS) is 19.7. The highest BCUT2D eigenvalue weighted by atomic mass is 16.5. The minimum atomic E-state index is -0.441. The SMILES string of the molecule is C[C@@H]1CN([C@H](C)CO)C(=O)Cc2cc(NC(=O)C3CC3)ccc2O[C@H]1CN(C)C(=O)Nc1cccc2ccccc12. The van der Waals surface area contributed by atoms with Crippen molar-refractivity contribution in [2.75, 3.05) is 37.4 Å². The molecule has 3 atom stereocenters. The Balaban J connectivity index is 1.38. The van der Waals surface area contributed by atoms with Crippen LogP contribution >= 0.6 is 0 Å². The van der Waals surface area contributed by atoms with E-state index in [4.69, 9.17) is 4.74 Å². The molecule has 0 unspecified atom stereocenters. The van der Waals surface area contributed by atoms with Crippen molar-refractivity contribution < 1.29 is 24.2 Å². The van der Waals surface area contributed by atoms with Gasteiger partial charge in [0.25, 0.3) is 0 Å². The number of urea groups is 1. The van der Waals surface area contributed by atoms with Crippen LogP contribution in [0.4, 0.5) is 16.2 Å². The van der Waals surface area contributed by atoms with Crippen molar-refractivity contribution in [3.8, 4) is 5.75 Å². The fourth-order valence-corrected chi connectivity index (χ4v) is 5.21. The third kappa shape index (κ3) is 6.62. The largest absolute Gasteiger partial charge is 0.488 e. The Kier molecular flexibility index (Phi) is 8.44. The first-order valence-corrected chi connectivity index (χ1v) is 14.2. The lowest BCUT2D eigenvalue weighted by Gasteiger charge is -2.34. The number of nitrogens with one attached hydrogen (secondary N) is 2. The number of carbonyl (C=O) groups excluding carboxylic acids is 3. The molecule has 9 heteroatoms. The van der Waals surface area contributed by atoms with Gasteiger partial charge in [0.1, 0.15) is 11.9 Å². The molecule has 1 fully saturated rings. The summed E-state index contributed by atoms with van der Waals surface area (Å²) in [7, 11) is 1.72. The van der Waals surface area contributed by atoms with Crippen molar-refractivity contribution in [1.29, 1.82) is 0 Å². The molecular weight excluding hydrogens is 520 g/mol. The summed E-state index contributed by atoms with van der Waals surface area (Å²) in [6, 6.07) is 18.4. The van der Waals surface area contributed by atoms with E-state index in [-0.39, 0.29) is 55.3 Å². The van der Waals surface area contributed by atoms with E-state index in [1.54, 1.807) is 35.0 Å². The smallest absolute Gasteiger partial charge is 0.321 e. The summed E-state index contributed by atoms with van der Waals surface area (Å²) >= 11 is 0. The molecule has 1 aliphatic carbocycles. The fraction of sp³-hybridized carbons (Fsp3) is 0.406. The number of hydrogen-bond acceptors (Lipinski definition) is 5. The Labute approximate surface area is 240 Å². The molecule has 1 saturated carbocycles. The average molecular weight is 559 g/mol. The van der Waals surface area contributed by atoms with Crippen LogP contribution in [0.2, 0.25) is 0 Å². The second-order valence-corrected chi connectivity index (χ2v) is 11.3. The summed E-state index contributed by atoms with van der Waals surface area (Å²) in [5, 5.41) is 17.8. The van der Waals surface area contributed by atoms with Gasteiger partial charge in [0.05, 0.1) is 31.3 Å². The molecule has 4 amide bonds. The van der Waals surface area contributed by atoms with Crippen LogP contribution in [0, 0.1) is 11.8 Å². The highest BCUT2D eigenvalue weighted by Crippen LogP contribution is 2.33. The quantitative estimate of drug-likeness (QED) is 0.396. The second kappa shape index (κ2) is 12.2. The Hall–Kier alpha value is -4.11. The highest BCUT2D eigenvalue weighted by molar-refractivity contribution is 6.01. The fourth-order valence-electron chi connectivity index (χ4n) is 5.21. The van der Waals surface area contributed by atoms with E-state index in [1.165, 1.54) is 0 Å². The molecule has 0 aromatic heterocycles. The Morgan fingerprint density at radius 1 is 1.10 bits per heavy atom. The van der Waals surface area contributed by atoms with Gasteiger partial charge >= 0.3 is 6.03 Å². The predicted molar refractivity (Wildman–Crippen MR) is 159 cm³/mol. The third-order valence-corrected chi connectivity index (χ3v) is 7.96. The van der Waals surface area contributed by atoms with Gasteiger partial charge in [0.2, 0.25) is 11.8 Å². The predicted octanol–water partition coefficient (Wildman–Crippen LogP) is 4.50. The number of nitrogens with zero attached hydrogens (tertiary/aromatic N) is 2. The van der Waals surface area contributed by atoms with Crippen molar-refractivity contribution in [3.05, 3.63) is 66.2 Å². The van der Waals surface area contributed by atoms with Crippen LogP contribution in [-0.2, 0) is 16.0 Å². The van der Waals surface area contributed by atoms with E-state index in [1.807, 2.05) is 56.3 Å². The summed E-state index contributed by atoms with van der Waals surface area (Å²) in [5.74, 6) is 0.305. The summed E-state index contributed by atoms with van der Waals surface area (Å²) in [6.07, 6.45) is 1.42. The van der Waals surface area contributed by atoms with E-state index in [9.17, 15) is 19.5 Å². The van der Waals surface area contributed by atoms with E-state index in [0.29, 0.717) is 23.5 Å². The van der Waals surface area contributed by atoms with E-state index >= 15 is 0 Å². The highest BCUT2D eigenvalue weighted by Gasteiger charge is 2.33. The zero-order valence-electron chi connectivity index (χ0n) is 23.8. The minimum absolute atomic E-state index is 0.0129. The van der Waals surface area contributed by atoms with Crippen LogP contribution in [0.1, 0.15) is 32.3 Å². The Bertz CT molecular complexity index is 1430. The zero-order chi connectivity index (χ0) is 29.1. The van der Waals surface area contributed by atoms with Gasteiger partial charge in [-0.3, -0.25) is 9.59 Å². The lowest BCUT2D eigenvalue weighted by molar-refractivity contribution is -0.134. The van der Waals surface area contributed by atoms with E-state index < -0.39 is 6.10 Å². The van der Waals surface area contributed by atoms with Gasteiger partial charge in [-0.15, -0.1) is 0 Å². The van der Waals surface area contributed by atoms with Gasteiger partial charge in [0.15, 0.2) is 0 Å². The zero-order valence-corrected chi connectivity index (χ0v) is 23.8. The topological polar surface area (TPSA) is 111 Å². The number of anilines is 2. The second-order valence-electron chi connectivity index (χ2n) is 11.3. The maximum atomic E-state index is 13.4. The van der Waals surface area contributed by atoms with Crippen molar-refractivity contribution >= 4 is 40.0 Å². The van der Waals surface area contributed by atoms with Crippen LogP contribution in [0.3, 0.4) is 0 Å². The first kappa shape index (κ1) is 28.4. The molecule has 0 radical (unpaired) electrons. The number of amides is 4. The molecule has 41 heavy (non-hydrogen) atoms. The van der Waals surface area contributed by atoms with Crippen molar-refractivity contribution in [2.24, 2.45) is 11.8 Å². The van der Waals surface area contributed by atoms with Gasteiger partial charge in [-0.1, -0.05) is 43.3 Å². The number of ether oxygens (including phenoxy) is 1. The third-order valence-electron chi connectivity index (χ3n) is 7.96. The van der Waals surface area contributed by atoms with Gasteiger partial charge in [-0.25, -0.2) is 4.79 Å². The van der Waals surface area contributed by atoms with Crippen LogP contribution in [0.15, 0.2) is 60.7 Å². The van der Waals surface area contributed by atoms with Gasteiger partial charge < -0.3 is 30.3 Å². The van der Waals surface area contributed by atoms with Gasteiger partial charge in [-0.2, -0.15) is 0 Å². The summed E-state index contributed by atoms with van der Waals surface area (Å²) < 4.78 is 6.52. The monoisotopic (exact) mass is 558 g/mol. The number of carbonyl (C=O) groups is 3. The molecule has 3 aromatic rings. The Morgan fingerprint density at radius 3 is 2.61 bits per heavy atom. The van der Waals surface area contributed by atoms with Crippen molar-refractivity contribution in [3.63, 3.8) is 0 Å². The van der Waals surface area contributed by atoms with Crippen LogP contribution in [0.25, 0.3) is 10.8 Å². The first-order valence-electron chi connectivity index (χ1n) is 14.2. The Morgan fingerprint density at radius 2 is 1.85 bits per heavy atom. The maximum Gasteiger partial charge on any atom is 0.321 e. The maximum absolute atomic E-state index is 13.4. The number of rotatable bonds is 7. The molecule has 0 bridgehead atoms. The lowest BCUT2D eigenvalue weighted by Crippen LogP contribution is -2.48. The van der Waals surface area contributed by atoms with E-state index in [2.05, 4.69) is 10.6 Å². The van der Waals surface area contributed by atoms with Crippen LogP contribution < -0.4 is 15.4 Å². The van der Waals surface area contributed by atoms with Gasteiger partial charge in [0, 0.05) is 42.1 Å². The summed E-state index contributed by atoms with van der Waals surface area (Å²) in [6.45, 7) is 4.27. The molecule has 216 valence electrons. The number of fused-ring (bicyclic) bond motifs is 2. The summed E-state index contributed by atoms with van der Waals surface area (Å²) in [4.78, 5) is 42.4. The lowest BCUT2D eigenvalue weighted by atomic mass is 10.0. The molecule has 0 saturated heterocycles. The number of benzene rings is 3. The number of hydrogen-bond donors (Lipinski definition) is 3. The average Bonchev–Trinajstić information content (AvgIpc) is 3.81. The van der Waals surface area contributed by atoms with Gasteiger partial charge in [-0.05, 0) is 49.4 Å². The van der Waals surface area contributed by atoms with Crippen LogP contribution in [-0.4, -0.2) is 71.6 Å². The molecule has 0 spiro atoms. The summed E-state index contributed by atoms with van der Waals surface area (Å²) in [5.41, 5.74) is 2.00. The molecular formula is C32H38N4O5. The van der Waals surface area contributed by atoms with Crippen molar-refractivity contribution in [2.45, 2.75) is 45.3 Å². The van der Waals surface area contributed by atoms with Crippen LogP contribution in [0.5, 0.6) is 5.75 Å². The molecule has 3 aromatic carbocycles. The minimum Gasteiger partial charge on any atom is -0.488 e. The standard InChI is InChI=1S/C32H38N4O5/c1-20-17-36(21(2)19-37)30(38)16-24-15-25(33-31(39)23-11-12-23)13-14-28(24)41-29(20)18-35(3)32(40)34-27-10-6-8-22-7-4-5-9-26(22)27/h4-10,13-15,20-21,23,29,37H,11-12,16-19H2,1-3H3,(H,33,39)(H,34,40)/t20-,21-,29+/m1/s1. The molecule has 3 N–H and O–H groups in total. The molecule has 2 aliphatic rings. The molecule has 5 rings (SSSR count). The number of aliphatic hydroxyl groups excluding tert-OH is 1. The molecule has 1 aliphatic heterocycles. The van der Waals surface area contributed by atoms with Crippen molar-refractivity contribution in [1.82, 2.24) is 9.80 Å². The first-order chi connectivity index (χ1) is 19.7. The number of likely N-dealkylation sites (N-methyl/N-ethyl adjacent to an activating group) is 1.